The van der Waals surface area contributed by atoms with Gasteiger partial charge in [-0.3, -0.25) is 0 Å². The number of hydrogen-bond acceptors (Lipinski definition) is 4. The van der Waals surface area contributed by atoms with Gasteiger partial charge in [0.25, 0.3) is 0 Å². The molecule has 0 aliphatic carbocycles. The van der Waals surface area contributed by atoms with Crippen molar-refractivity contribution in [2.24, 2.45) is 0 Å². The van der Waals surface area contributed by atoms with E-state index in [1.165, 1.54) is 0 Å². The first-order valence-electron chi connectivity index (χ1n) is 4.68. The van der Waals surface area contributed by atoms with Crippen LogP contribution in [-0.4, -0.2) is 24.5 Å². The van der Waals surface area contributed by atoms with E-state index in [1.54, 1.807) is 18.9 Å². The summed E-state index contributed by atoms with van der Waals surface area (Å²) in [6, 6.07) is 7.90. The molecule has 1 rings (SSSR count). The third-order valence-electron chi connectivity index (χ3n) is 1.72. The van der Waals surface area contributed by atoms with Crippen molar-refractivity contribution >= 4 is 29.0 Å². The third kappa shape index (κ3) is 4.53. The fourth-order valence-corrected chi connectivity index (χ4v) is 2.01. The Bertz CT molecular complexity index is 309. The molecule has 82 valence electrons. The van der Waals surface area contributed by atoms with Crippen LogP contribution in [0, 0.1) is 0 Å². The number of methoxy groups -OCH3 is 1. The first-order valence-corrected chi connectivity index (χ1v) is 6.08. The fraction of sp³-hybridized carbons (Fsp3) is 0.364. The maximum absolute atomic E-state index is 5.19. The van der Waals surface area contributed by atoms with Crippen LogP contribution in [-0.2, 0) is 4.74 Å². The van der Waals surface area contributed by atoms with Gasteiger partial charge in [0.2, 0.25) is 0 Å². The van der Waals surface area contributed by atoms with Crippen LogP contribution in [0.15, 0.2) is 29.2 Å². The van der Waals surface area contributed by atoms with Crippen molar-refractivity contribution in [3.8, 4) is 5.75 Å². The molecule has 4 heteroatoms. The lowest BCUT2D eigenvalue weighted by Gasteiger charge is -2.05. The van der Waals surface area contributed by atoms with E-state index in [0.29, 0.717) is 11.7 Å². The standard InChI is InChI=1S/C11H14O2S2/c1-3-13-11(14)8-15-10-6-4-9(12-2)5-7-10/h4-7H,3,8H2,1-2H3. The van der Waals surface area contributed by atoms with Gasteiger partial charge in [-0.15, -0.1) is 11.8 Å². The lowest BCUT2D eigenvalue weighted by Crippen LogP contribution is -2.03. The molecule has 0 saturated heterocycles. The maximum atomic E-state index is 5.19. The Morgan fingerprint density at radius 2 is 2.00 bits per heavy atom. The van der Waals surface area contributed by atoms with Crippen LogP contribution in [0.25, 0.3) is 0 Å². The molecule has 0 N–H and O–H groups in total. The molecule has 0 aromatic heterocycles. The minimum Gasteiger partial charge on any atom is -0.497 e. The monoisotopic (exact) mass is 242 g/mol. The molecule has 0 aliphatic heterocycles. The molecular formula is C11H14O2S2. The molecular weight excluding hydrogens is 228 g/mol. The van der Waals surface area contributed by atoms with Crippen molar-refractivity contribution in [1.29, 1.82) is 0 Å². The van der Waals surface area contributed by atoms with Crippen molar-refractivity contribution in [3.05, 3.63) is 24.3 Å². The molecule has 1 aromatic carbocycles. The van der Waals surface area contributed by atoms with Gasteiger partial charge < -0.3 is 9.47 Å². The number of benzene rings is 1. The van der Waals surface area contributed by atoms with Gasteiger partial charge in [0.1, 0.15) is 5.75 Å². The molecule has 0 saturated carbocycles. The molecule has 0 bridgehead atoms. The predicted octanol–water partition coefficient (Wildman–Crippen LogP) is 3.15. The van der Waals surface area contributed by atoms with Crippen LogP contribution in [0.2, 0.25) is 0 Å². The highest BCUT2D eigenvalue weighted by Crippen LogP contribution is 2.21. The van der Waals surface area contributed by atoms with Gasteiger partial charge in [-0.25, -0.2) is 0 Å². The predicted molar refractivity (Wildman–Crippen MR) is 67.9 cm³/mol. The van der Waals surface area contributed by atoms with Crippen LogP contribution in [0.3, 0.4) is 0 Å². The summed E-state index contributed by atoms with van der Waals surface area (Å²) in [6.45, 7) is 2.58. The molecule has 0 amide bonds. The van der Waals surface area contributed by atoms with E-state index in [0.717, 1.165) is 16.4 Å². The van der Waals surface area contributed by atoms with E-state index in [9.17, 15) is 0 Å². The fourth-order valence-electron chi connectivity index (χ4n) is 1.02. The largest absolute Gasteiger partial charge is 0.497 e. The first-order chi connectivity index (χ1) is 7.26. The summed E-state index contributed by atoms with van der Waals surface area (Å²) in [5.74, 6) is 1.59. The first kappa shape index (κ1) is 12.3. The van der Waals surface area contributed by atoms with E-state index >= 15 is 0 Å². The number of thioether (sulfide) groups is 1. The van der Waals surface area contributed by atoms with Gasteiger partial charge in [0.15, 0.2) is 5.05 Å². The number of ether oxygens (including phenoxy) is 2. The number of thiocarbonyl (C=S) groups is 1. The van der Waals surface area contributed by atoms with Crippen molar-refractivity contribution in [3.63, 3.8) is 0 Å². The van der Waals surface area contributed by atoms with Crippen LogP contribution >= 0.6 is 24.0 Å². The highest BCUT2D eigenvalue weighted by molar-refractivity contribution is 8.01. The second kappa shape index (κ2) is 6.69. The molecule has 1 aromatic rings. The summed E-state index contributed by atoms with van der Waals surface area (Å²) in [5.41, 5.74) is 0. The minimum absolute atomic E-state index is 0.641. The number of rotatable bonds is 5. The second-order valence-electron chi connectivity index (χ2n) is 2.77. The zero-order chi connectivity index (χ0) is 11.1. The van der Waals surface area contributed by atoms with Gasteiger partial charge >= 0.3 is 0 Å². The van der Waals surface area contributed by atoms with Gasteiger partial charge in [-0.05, 0) is 43.4 Å². The van der Waals surface area contributed by atoms with E-state index in [2.05, 4.69) is 0 Å². The average Bonchev–Trinajstić information content (AvgIpc) is 2.27. The normalized spacial score (nSPS) is 9.73. The van der Waals surface area contributed by atoms with Crippen LogP contribution in [0.1, 0.15) is 6.92 Å². The summed E-state index contributed by atoms with van der Waals surface area (Å²) in [4.78, 5) is 1.16. The van der Waals surface area contributed by atoms with E-state index in [1.807, 2.05) is 31.2 Å². The summed E-state index contributed by atoms with van der Waals surface area (Å²) < 4.78 is 10.3. The molecule has 0 radical (unpaired) electrons. The van der Waals surface area contributed by atoms with E-state index in [-0.39, 0.29) is 0 Å². The van der Waals surface area contributed by atoms with Gasteiger partial charge in [0.05, 0.1) is 19.5 Å². The molecule has 0 heterocycles. The molecule has 0 spiro atoms. The summed E-state index contributed by atoms with van der Waals surface area (Å²) in [5, 5.41) is 0.651. The van der Waals surface area contributed by atoms with Gasteiger partial charge in [0, 0.05) is 4.90 Å². The van der Waals surface area contributed by atoms with Gasteiger partial charge in [-0.2, -0.15) is 0 Å². The lowest BCUT2D eigenvalue weighted by atomic mass is 10.3. The summed E-state index contributed by atoms with van der Waals surface area (Å²) in [7, 11) is 1.66. The van der Waals surface area contributed by atoms with Crippen molar-refractivity contribution < 1.29 is 9.47 Å². The maximum Gasteiger partial charge on any atom is 0.169 e. The SMILES string of the molecule is CCOC(=S)CSc1ccc(OC)cc1. The molecule has 0 fully saturated rings. The topological polar surface area (TPSA) is 18.5 Å². The Balaban J connectivity index is 2.40. The Morgan fingerprint density at radius 1 is 1.33 bits per heavy atom. The Hall–Kier alpha value is -0.740. The lowest BCUT2D eigenvalue weighted by molar-refractivity contribution is 0.335. The quantitative estimate of drug-likeness (QED) is 0.583. The average molecular weight is 242 g/mol. The molecule has 0 atom stereocenters. The van der Waals surface area contributed by atoms with Crippen LogP contribution < -0.4 is 4.74 Å². The number of hydrogen-bond donors (Lipinski definition) is 0. The molecule has 0 aliphatic rings. The zero-order valence-electron chi connectivity index (χ0n) is 8.86. The van der Waals surface area contributed by atoms with Crippen molar-refractivity contribution in [2.75, 3.05) is 19.5 Å². The van der Waals surface area contributed by atoms with Crippen LogP contribution in [0.4, 0.5) is 0 Å². The Kier molecular flexibility index (Phi) is 5.50. The van der Waals surface area contributed by atoms with E-state index < -0.39 is 0 Å². The van der Waals surface area contributed by atoms with Crippen molar-refractivity contribution in [2.45, 2.75) is 11.8 Å². The molecule has 15 heavy (non-hydrogen) atoms. The second-order valence-corrected chi connectivity index (χ2v) is 4.27. The smallest absolute Gasteiger partial charge is 0.169 e. The van der Waals surface area contributed by atoms with Gasteiger partial charge in [-0.1, -0.05) is 0 Å². The Morgan fingerprint density at radius 3 is 2.53 bits per heavy atom. The highest BCUT2D eigenvalue weighted by Gasteiger charge is 1.99. The third-order valence-corrected chi connectivity index (χ3v) is 3.18. The Labute approximate surface area is 100.0 Å². The molecule has 0 unspecified atom stereocenters. The highest BCUT2D eigenvalue weighted by atomic mass is 32.2. The van der Waals surface area contributed by atoms with Crippen molar-refractivity contribution in [1.82, 2.24) is 0 Å². The summed E-state index contributed by atoms with van der Waals surface area (Å²) in [6.07, 6.45) is 0. The minimum atomic E-state index is 0.641. The zero-order valence-corrected chi connectivity index (χ0v) is 10.5. The van der Waals surface area contributed by atoms with Crippen LogP contribution in [0.5, 0.6) is 5.75 Å². The van der Waals surface area contributed by atoms with E-state index in [4.69, 9.17) is 21.7 Å². The molecule has 2 nitrogen and oxygen atoms in total. The summed E-state index contributed by atoms with van der Waals surface area (Å²) >= 11 is 6.70.